The van der Waals surface area contributed by atoms with E-state index in [1.54, 1.807) is 24.8 Å². The Kier molecular flexibility index (Phi) is 19.1. The highest BCUT2D eigenvalue weighted by atomic mass is 35.5. The summed E-state index contributed by atoms with van der Waals surface area (Å²) in [5, 5.41) is 10.6. The van der Waals surface area contributed by atoms with Crippen LogP contribution >= 0.6 is 23.2 Å². The van der Waals surface area contributed by atoms with Crippen LogP contribution in [0.4, 0.5) is 63.3 Å². The maximum absolute atomic E-state index is 6.42. The predicted molar refractivity (Wildman–Crippen MR) is 289 cm³/mol. The van der Waals surface area contributed by atoms with Crippen molar-refractivity contribution >= 4 is 86.5 Å². The Morgan fingerprint density at radius 1 is 0.586 bits per heavy atom. The molecule has 0 spiro atoms. The van der Waals surface area contributed by atoms with Crippen molar-refractivity contribution in [1.29, 1.82) is 0 Å². The summed E-state index contributed by atoms with van der Waals surface area (Å²) in [6.07, 6.45) is 8.22. The van der Waals surface area contributed by atoms with E-state index in [0.29, 0.717) is 33.3 Å². The van der Waals surface area contributed by atoms with Crippen LogP contribution in [0, 0.1) is 0 Å². The first kappa shape index (κ1) is 52.8. The fraction of sp³-hybridized carbons (Fsp3) is 0.400. The maximum atomic E-state index is 6.42. The molecule has 374 valence electrons. The van der Waals surface area contributed by atoms with Crippen LogP contribution in [-0.2, 0) is 0 Å². The highest BCUT2D eigenvalue weighted by Gasteiger charge is 2.19. The Bertz CT molecular complexity index is 2590. The van der Waals surface area contributed by atoms with Gasteiger partial charge in [0, 0.05) is 116 Å². The van der Waals surface area contributed by atoms with E-state index < -0.39 is 0 Å². The molecule has 2 saturated heterocycles. The van der Waals surface area contributed by atoms with Crippen LogP contribution in [0.25, 0.3) is 0 Å². The summed E-state index contributed by atoms with van der Waals surface area (Å²) in [6.45, 7) is 16.4. The molecule has 2 aromatic carbocycles. The summed E-state index contributed by atoms with van der Waals surface area (Å²) >= 11 is 12.4. The number of hydrogen-bond acceptors (Lipinski definition) is 18. The zero-order valence-corrected chi connectivity index (χ0v) is 43.5. The van der Waals surface area contributed by atoms with Crippen LogP contribution in [0.2, 0.25) is 10.0 Å². The number of ether oxygens (including phenoxy) is 2. The first-order chi connectivity index (χ1) is 33.5. The van der Waals surface area contributed by atoms with E-state index in [1.807, 2.05) is 102 Å². The van der Waals surface area contributed by atoms with Crippen molar-refractivity contribution in [3.63, 3.8) is 0 Å². The highest BCUT2D eigenvalue weighted by Crippen LogP contribution is 2.35. The van der Waals surface area contributed by atoms with Gasteiger partial charge in [-0.25, -0.2) is 24.9 Å². The number of nitrogens with one attached hydrogen (secondary N) is 3. The molecule has 5 N–H and O–H groups in total. The topological polar surface area (TPSA) is 177 Å². The third-order valence-corrected chi connectivity index (χ3v) is 11.6. The second-order valence-electron chi connectivity index (χ2n) is 17.8. The van der Waals surface area contributed by atoms with Gasteiger partial charge in [0.1, 0.15) is 27.9 Å². The van der Waals surface area contributed by atoms with Crippen molar-refractivity contribution in [2.75, 3.05) is 136 Å². The molecular formula is C50H68Cl2N16O2. The fourth-order valence-electron chi connectivity index (χ4n) is 7.36. The number of hydrogen-bond donors (Lipinski definition) is 4. The molecule has 2 fully saturated rings. The van der Waals surface area contributed by atoms with Crippen LogP contribution in [0.15, 0.2) is 91.8 Å². The molecular weight excluding hydrogens is 928 g/mol. The Morgan fingerprint density at radius 2 is 1.09 bits per heavy atom. The smallest absolute Gasteiger partial charge is 0.229 e. The number of halogens is 2. The Hall–Kier alpha value is -6.60. The zero-order valence-electron chi connectivity index (χ0n) is 42.0. The molecule has 0 amide bonds. The average Bonchev–Trinajstić information content (AvgIpc) is 3.33. The highest BCUT2D eigenvalue weighted by molar-refractivity contribution is 6.33. The first-order valence-electron chi connectivity index (χ1n) is 23.3. The van der Waals surface area contributed by atoms with Crippen molar-refractivity contribution in [3.8, 4) is 11.5 Å². The number of pyridine rings is 2. The third-order valence-electron chi connectivity index (χ3n) is 11.0. The molecule has 0 bridgehead atoms. The van der Waals surface area contributed by atoms with Gasteiger partial charge in [-0.2, -0.15) is 4.98 Å². The summed E-state index contributed by atoms with van der Waals surface area (Å²) in [6, 6.07) is 19.8. The fourth-order valence-corrected chi connectivity index (χ4v) is 7.66. The monoisotopic (exact) mass is 995 g/mol. The lowest BCUT2D eigenvalue weighted by Gasteiger charge is -2.34. The lowest BCUT2D eigenvalue weighted by molar-refractivity contribution is 0.243. The van der Waals surface area contributed by atoms with Crippen LogP contribution < -0.4 is 50.8 Å². The van der Waals surface area contributed by atoms with Crippen molar-refractivity contribution in [2.45, 2.75) is 39.9 Å². The number of aromatic nitrogens is 6. The molecule has 2 aliphatic heterocycles. The van der Waals surface area contributed by atoms with Gasteiger partial charge >= 0.3 is 0 Å². The van der Waals surface area contributed by atoms with E-state index >= 15 is 0 Å². The van der Waals surface area contributed by atoms with Crippen LogP contribution in [-0.4, -0.2) is 147 Å². The predicted octanol–water partition coefficient (Wildman–Crippen LogP) is 8.76. The van der Waals surface area contributed by atoms with E-state index in [1.165, 1.54) is 12.0 Å². The van der Waals surface area contributed by atoms with Gasteiger partial charge in [0.2, 0.25) is 5.95 Å². The van der Waals surface area contributed by atoms with Crippen molar-refractivity contribution in [2.24, 2.45) is 0 Å². The molecule has 20 heteroatoms. The van der Waals surface area contributed by atoms with Gasteiger partial charge in [0.25, 0.3) is 0 Å². The van der Waals surface area contributed by atoms with Gasteiger partial charge in [0.05, 0.1) is 47.4 Å². The summed E-state index contributed by atoms with van der Waals surface area (Å²) in [5.41, 5.74) is 11.4. The van der Waals surface area contributed by atoms with Crippen molar-refractivity contribution in [3.05, 3.63) is 102 Å². The Labute approximate surface area is 423 Å². The molecule has 4 aromatic heterocycles. The largest absolute Gasteiger partial charge is 0.489 e. The lowest BCUT2D eigenvalue weighted by Crippen LogP contribution is -2.44. The molecule has 0 radical (unpaired) electrons. The van der Waals surface area contributed by atoms with E-state index in [0.717, 1.165) is 98.2 Å². The number of nitrogens with zero attached hydrogens (tertiary/aromatic N) is 12. The Morgan fingerprint density at radius 3 is 1.61 bits per heavy atom. The number of benzene rings is 2. The molecule has 0 unspecified atom stereocenters. The first-order valence-corrected chi connectivity index (χ1v) is 24.1. The lowest BCUT2D eigenvalue weighted by atomic mass is 10.2. The number of nitrogens with two attached hydrogens (primary N) is 1. The molecule has 2 aliphatic rings. The molecule has 70 heavy (non-hydrogen) atoms. The minimum absolute atomic E-state index is 0.0247. The minimum Gasteiger partial charge on any atom is -0.489 e. The molecule has 8 rings (SSSR count). The van der Waals surface area contributed by atoms with Crippen molar-refractivity contribution < 1.29 is 9.47 Å². The second-order valence-corrected chi connectivity index (χ2v) is 18.7. The zero-order chi connectivity index (χ0) is 50.3. The maximum Gasteiger partial charge on any atom is 0.229 e. The van der Waals surface area contributed by atoms with E-state index in [-0.39, 0.29) is 12.2 Å². The minimum atomic E-state index is 0.0247. The molecule has 0 saturated carbocycles. The summed E-state index contributed by atoms with van der Waals surface area (Å²) < 4.78 is 11.9. The third kappa shape index (κ3) is 15.2. The molecule has 18 nitrogen and oxygen atoms in total. The van der Waals surface area contributed by atoms with Gasteiger partial charge in [-0.05, 0) is 90.3 Å². The van der Waals surface area contributed by atoms with Gasteiger partial charge < -0.3 is 60.6 Å². The van der Waals surface area contributed by atoms with Crippen LogP contribution in [0.3, 0.4) is 0 Å². The van der Waals surface area contributed by atoms with E-state index in [2.05, 4.69) is 104 Å². The quantitative estimate of drug-likeness (QED) is 0.0761. The number of anilines is 11. The summed E-state index contributed by atoms with van der Waals surface area (Å²) in [4.78, 5) is 38.9. The molecule has 0 aliphatic carbocycles. The van der Waals surface area contributed by atoms with Gasteiger partial charge in [-0.1, -0.05) is 23.2 Å². The van der Waals surface area contributed by atoms with Gasteiger partial charge in [0.15, 0.2) is 23.3 Å². The summed E-state index contributed by atoms with van der Waals surface area (Å²) in [5.74, 6) is 4.62. The summed E-state index contributed by atoms with van der Waals surface area (Å²) in [7, 11) is 12.0. The van der Waals surface area contributed by atoms with E-state index in [4.69, 9.17) is 38.4 Å². The van der Waals surface area contributed by atoms with Crippen LogP contribution in [0.1, 0.15) is 27.7 Å². The van der Waals surface area contributed by atoms with Crippen molar-refractivity contribution in [1.82, 2.24) is 39.7 Å². The molecule has 6 heterocycles. The molecule has 6 aromatic rings. The average molecular weight is 996 g/mol. The number of nitrogen functional groups attached to an aromatic ring is 1. The van der Waals surface area contributed by atoms with Gasteiger partial charge in [-0.15, -0.1) is 0 Å². The standard InChI is InChI=1S/C25H33ClN8O.C14H23N3O.C11H12ClN5/c1-17(2)35-22-15-18(34-13-11-33(5)12-14-34)8-9-20(22)30-25-28-16-19(26)23(31-25)29-21-7-6-10-27-24(21)32(3)4;1-11(2)18-14-10-12(4-5-13(14)15)17-8-6-16(3)7-9-17;1-17(2)11-9(4-3-5-14-11)16-10-8(12)6-13-7-15-10/h6-10,15-17H,11-14H2,1-5H3,(H2,28,29,30,31);4-5,10-11H,6-9,15H2,1-3H3;3-7H,1-2H3,(H,13,15,16). The van der Waals surface area contributed by atoms with Crippen LogP contribution in [0.5, 0.6) is 11.5 Å². The second kappa shape index (κ2) is 25.3. The number of likely N-dealkylation sites (N-methyl/N-ethyl adjacent to an activating group) is 2. The normalized spacial score (nSPS) is 14.0. The Balaban J connectivity index is 0.000000192. The van der Waals surface area contributed by atoms with E-state index in [9.17, 15) is 0 Å². The number of piperazine rings is 2. The molecule has 0 atom stereocenters. The SMILES string of the molecule is CC(C)Oc1cc(N2CCN(C)CC2)ccc1N.CC(C)Oc1cc(N2CCN(C)CC2)ccc1Nc1ncc(Cl)c(Nc2cccnc2N(C)C)n1.CN(C)c1ncccc1Nc1ncncc1Cl. The number of rotatable bonds is 14. The van der Waals surface area contributed by atoms with Gasteiger partial charge in [-0.3, -0.25) is 0 Å².